The van der Waals surface area contributed by atoms with Gasteiger partial charge >= 0.3 is 0 Å². The first kappa shape index (κ1) is 26.7. The van der Waals surface area contributed by atoms with E-state index in [1.807, 2.05) is 0 Å². The molecule has 1 rings (SSSR count). The summed E-state index contributed by atoms with van der Waals surface area (Å²) in [5, 5.41) is 10.3. The van der Waals surface area contributed by atoms with Crippen molar-refractivity contribution in [1.82, 2.24) is 4.90 Å². The van der Waals surface area contributed by atoms with E-state index in [1.54, 1.807) is 0 Å². The lowest BCUT2D eigenvalue weighted by molar-refractivity contribution is 0.116. The molecule has 0 aromatic carbocycles. The van der Waals surface area contributed by atoms with Crippen LogP contribution in [-0.2, 0) is 0 Å². The number of rotatable bonds is 20. The van der Waals surface area contributed by atoms with Crippen LogP contribution < -0.4 is 0 Å². The molecule has 1 aliphatic rings. The van der Waals surface area contributed by atoms with Gasteiger partial charge in [0.25, 0.3) is 0 Å². The van der Waals surface area contributed by atoms with E-state index in [9.17, 15) is 5.11 Å². The van der Waals surface area contributed by atoms with Crippen molar-refractivity contribution >= 4 is 0 Å². The first-order valence-corrected chi connectivity index (χ1v) is 13.3. The summed E-state index contributed by atoms with van der Waals surface area (Å²) in [6, 6.07) is 0.449. The second-order valence-electron chi connectivity index (χ2n) is 9.60. The molecule has 2 nitrogen and oxygen atoms in total. The van der Waals surface area contributed by atoms with E-state index in [0.29, 0.717) is 6.04 Å². The van der Waals surface area contributed by atoms with Gasteiger partial charge in [-0.05, 0) is 26.3 Å². The Morgan fingerprint density at radius 1 is 0.759 bits per heavy atom. The molecule has 0 spiro atoms. The molecule has 0 saturated carbocycles. The number of nitrogens with zero attached hydrogens (tertiary/aromatic N) is 1. The highest BCUT2D eigenvalue weighted by Gasteiger charge is 2.17. The molecule has 0 radical (unpaired) electrons. The highest BCUT2D eigenvalue weighted by atomic mass is 16.3. The zero-order chi connectivity index (χ0) is 21.0. The van der Waals surface area contributed by atoms with Gasteiger partial charge in [-0.2, -0.15) is 0 Å². The fraction of sp³-hybridized carbons (Fsp3) is 0.926. The van der Waals surface area contributed by atoms with Gasteiger partial charge in [0, 0.05) is 12.6 Å². The maximum atomic E-state index is 10.3. The minimum atomic E-state index is -0.124. The quantitative estimate of drug-likeness (QED) is 0.163. The summed E-state index contributed by atoms with van der Waals surface area (Å²) < 4.78 is 0. The van der Waals surface area contributed by atoms with E-state index >= 15 is 0 Å². The van der Waals surface area contributed by atoms with Crippen molar-refractivity contribution in [2.24, 2.45) is 0 Å². The predicted molar refractivity (Wildman–Crippen MR) is 130 cm³/mol. The van der Waals surface area contributed by atoms with Crippen LogP contribution in [0.25, 0.3) is 0 Å². The molecule has 1 N–H and O–H groups in total. The van der Waals surface area contributed by atoms with E-state index in [4.69, 9.17) is 0 Å². The molecular weight excluding hydrogens is 354 g/mol. The molecule has 1 heterocycles. The predicted octanol–water partition coefficient (Wildman–Crippen LogP) is 8.04. The molecule has 2 atom stereocenters. The fourth-order valence-electron chi connectivity index (χ4n) is 4.60. The van der Waals surface area contributed by atoms with Crippen LogP contribution in [0.15, 0.2) is 12.2 Å². The van der Waals surface area contributed by atoms with Gasteiger partial charge < -0.3 is 5.11 Å². The SMILES string of the molecule is CCCCCCCCCCCCCCCCCCC[C@H](O)C[C@@H]1C=CCCN1C. The fourth-order valence-corrected chi connectivity index (χ4v) is 4.60. The molecule has 172 valence electrons. The van der Waals surface area contributed by atoms with Crippen molar-refractivity contribution < 1.29 is 5.11 Å². The Balaban J connectivity index is 1.76. The second kappa shape index (κ2) is 19.6. The van der Waals surface area contributed by atoms with Gasteiger partial charge in [-0.1, -0.05) is 128 Å². The van der Waals surface area contributed by atoms with Crippen LogP contribution in [0.2, 0.25) is 0 Å². The Kier molecular flexibility index (Phi) is 18.1. The zero-order valence-corrected chi connectivity index (χ0v) is 20.1. The zero-order valence-electron chi connectivity index (χ0n) is 20.1. The molecule has 0 fully saturated rings. The van der Waals surface area contributed by atoms with Crippen molar-refractivity contribution in [3.8, 4) is 0 Å². The highest BCUT2D eigenvalue weighted by molar-refractivity contribution is 4.99. The molecule has 0 unspecified atom stereocenters. The molecule has 0 amide bonds. The molecule has 29 heavy (non-hydrogen) atoms. The average molecular weight is 408 g/mol. The van der Waals surface area contributed by atoms with E-state index < -0.39 is 0 Å². The summed E-state index contributed by atoms with van der Waals surface area (Å²) in [5.41, 5.74) is 0. The first-order valence-electron chi connectivity index (χ1n) is 13.3. The Hall–Kier alpha value is -0.340. The maximum Gasteiger partial charge on any atom is 0.0558 e. The highest BCUT2D eigenvalue weighted by Crippen LogP contribution is 2.18. The minimum Gasteiger partial charge on any atom is -0.393 e. The van der Waals surface area contributed by atoms with E-state index in [-0.39, 0.29) is 6.10 Å². The summed E-state index contributed by atoms with van der Waals surface area (Å²) in [5.74, 6) is 0. The monoisotopic (exact) mass is 407 g/mol. The van der Waals surface area contributed by atoms with Crippen molar-refractivity contribution in [1.29, 1.82) is 0 Å². The third-order valence-electron chi connectivity index (χ3n) is 6.73. The maximum absolute atomic E-state index is 10.3. The van der Waals surface area contributed by atoms with Crippen molar-refractivity contribution in [2.75, 3.05) is 13.6 Å². The van der Waals surface area contributed by atoms with Crippen LogP contribution in [0.1, 0.15) is 135 Å². The first-order chi connectivity index (χ1) is 14.2. The van der Waals surface area contributed by atoms with Gasteiger partial charge in [0.2, 0.25) is 0 Å². The number of likely N-dealkylation sites (N-methyl/N-ethyl adjacent to an activating group) is 1. The molecule has 1 aliphatic heterocycles. The number of aliphatic hydroxyl groups excluding tert-OH is 1. The van der Waals surface area contributed by atoms with Gasteiger partial charge in [-0.25, -0.2) is 0 Å². The largest absolute Gasteiger partial charge is 0.393 e. The van der Waals surface area contributed by atoms with Crippen LogP contribution in [0, 0.1) is 0 Å². The van der Waals surface area contributed by atoms with Crippen LogP contribution in [0.4, 0.5) is 0 Å². The van der Waals surface area contributed by atoms with Gasteiger partial charge in [0.15, 0.2) is 0 Å². The van der Waals surface area contributed by atoms with Crippen molar-refractivity contribution in [2.45, 2.75) is 147 Å². The lowest BCUT2D eigenvalue weighted by Gasteiger charge is -2.30. The van der Waals surface area contributed by atoms with Crippen LogP contribution in [0.5, 0.6) is 0 Å². The number of aliphatic hydroxyl groups is 1. The van der Waals surface area contributed by atoms with E-state index in [0.717, 1.165) is 25.8 Å². The van der Waals surface area contributed by atoms with Crippen LogP contribution in [-0.4, -0.2) is 35.7 Å². The summed E-state index contributed by atoms with van der Waals surface area (Å²) in [7, 11) is 2.18. The summed E-state index contributed by atoms with van der Waals surface area (Å²) in [4.78, 5) is 2.37. The van der Waals surface area contributed by atoms with Crippen LogP contribution >= 0.6 is 0 Å². The average Bonchev–Trinajstić information content (AvgIpc) is 2.72. The number of unbranched alkanes of at least 4 members (excludes halogenated alkanes) is 16. The Morgan fingerprint density at radius 2 is 1.21 bits per heavy atom. The molecular formula is C27H53NO. The van der Waals surface area contributed by atoms with Gasteiger partial charge in [0.1, 0.15) is 0 Å². The molecule has 2 heteroatoms. The van der Waals surface area contributed by atoms with Gasteiger partial charge in [-0.15, -0.1) is 0 Å². The molecule has 0 saturated heterocycles. The van der Waals surface area contributed by atoms with Gasteiger partial charge in [-0.3, -0.25) is 4.90 Å². The Morgan fingerprint density at radius 3 is 1.66 bits per heavy atom. The lowest BCUT2D eigenvalue weighted by Crippen LogP contribution is -2.35. The number of hydrogen-bond acceptors (Lipinski definition) is 2. The number of hydrogen-bond donors (Lipinski definition) is 1. The van der Waals surface area contributed by atoms with Crippen molar-refractivity contribution in [3.63, 3.8) is 0 Å². The smallest absolute Gasteiger partial charge is 0.0558 e. The van der Waals surface area contributed by atoms with E-state index in [1.165, 1.54) is 109 Å². The van der Waals surface area contributed by atoms with Crippen LogP contribution in [0.3, 0.4) is 0 Å². The summed E-state index contributed by atoms with van der Waals surface area (Å²) >= 11 is 0. The van der Waals surface area contributed by atoms with E-state index in [2.05, 4.69) is 31.0 Å². The summed E-state index contributed by atoms with van der Waals surface area (Å²) in [6.07, 6.45) is 31.5. The molecule has 0 aliphatic carbocycles. The molecule has 0 bridgehead atoms. The van der Waals surface area contributed by atoms with Crippen molar-refractivity contribution in [3.05, 3.63) is 12.2 Å². The third kappa shape index (κ3) is 16.1. The Bertz CT molecular complexity index is 368. The molecule has 0 aromatic rings. The molecule has 0 aromatic heterocycles. The second-order valence-corrected chi connectivity index (χ2v) is 9.60. The standard InChI is InChI=1S/C27H53NO/c1-3-4-5-6-7-8-9-10-11-12-13-14-15-16-17-18-19-23-27(29)25-26-22-20-21-24-28(26)2/h20,22,26-27,29H,3-19,21,23-25H2,1-2H3/t26-,27-/m0/s1. The third-order valence-corrected chi connectivity index (χ3v) is 6.73. The summed E-state index contributed by atoms with van der Waals surface area (Å²) in [6.45, 7) is 3.43. The van der Waals surface area contributed by atoms with Gasteiger partial charge in [0.05, 0.1) is 6.10 Å². The normalized spacial score (nSPS) is 18.4. The Labute approximate surface area is 183 Å². The minimum absolute atomic E-state index is 0.124. The topological polar surface area (TPSA) is 23.5 Å². The lowest BCUT2D eigenvalue weighted by atomic mass is 9.99.